The largest absolute Gasteiger partial charge is 0.478 e. The molecule has 5 nitrogen and oxygen atoms in total. The van der Waals surface area contributed by atoms with E-state index in [9.17, 15) is 9.59 Å². The summed E-state index contributed by atoms with van der Waals surface area (Å²) < 4.78 is 0. The lowest BCUT2D eigenvalue weighted by atomic mass is 10.1. The second-order valence-electron chi connectivity index (χ2n) is 6.20. The number of rotatable bonds is 7. The smallest absolute Gasteiger partial charge is 0.328 e. The van der Waals surface area contributed by atoms with E-state index < -0.39 is 11.9 Å². The van der Waals surface area contributed by atoms with Crippen LogP contribution in [0.2, 0.25) is 0 Å². The maximum atomic E-state index is 10.7. The Balaban J connectivity index is 1.96. The number of hydrogen-bond acceptors (Lipinski definition) is 3. The molecular weight excluding hydrogens is 366 g/mol. The second-order valence-corrected chi connectivity index (χ2v) is 6.20. The molecule has 0 spiro atoms. The first-order valence-electron chi connectivity index (χ1n) is 8.90. The molecule has 0 unspecified atom stereocenters. The van der Waals surface area contributed by atoms with Crippen LogP contribution in [0, 0.1) is 0 Å². The van der Waals surface area contributed by atoms with Gasteiger partial charge in [0.15, 0.2) is 0 Å². The molecule has 0 bridgehead atoms. The van der Waals surface area contributed by atoms with Gasteiger partial charge in [-0.3, -0.25) is 0 Å². The highest BCUT2D eigenvalue weighted by Crippen LogP contribution is 2.34. The van der Waals surface area contributed by atoms with Crippen LogP contribution in [0.25, 0.3) is 12.2 Å². The summed E-state index contributed by atoms with van der Waals surface area (Å²) in [7, 11) is 0. The fourth-order valence-electron chi connectivity index (χ4n) is 2.83. The third kappa shape index (κ3) is 5.43. The minimum absolute atomic E-state index is 0.790. The van der Waals surface area contributed by atoms with Gasteiger partial charge in [-0.25, -0.2) is 9.59 Å². The van der Waals surface area contributed by atoms with Crippen molar-refractivity contribution < 1.29 is 19.8 Å². The summed E-state index contributed by atoms with van der Waals surface area (Å²) in [6, 6.07) is 25.0. The number of benzene rings is 3. The van der Waals surface area contributed by atoms with Crippen molar-refractivity contribution in [1.29, 1.82) is 0 Å². The molecular formula is C24H19NO4. The summed E-state index contributed by atoms with van der Waals surface area (Å²) in [5, 5.41) is 17.5. The van der Waals surface area contributed by atoms with Crippen LogP contribution in [-0.2, 0) is 9.59 Å². The molecule has 3 rings (SSSR count). The standard InChI is InChI=1S/C24H19NO4/c26-23(27)16-10-18-6-12-21(13-7-18)25(20-4-2-1-3-5-20)22-14-8-19(9-15-22)11-17-24(28)29/h1-17H,(H,26,27)(H,28,29). The molecule has 0 radical (unpaired) electrons. The highest BCUT2D eigenvalue weighted by atomic mass is 16.4. The lowest BCUT2D eigenvalue weighted by Crippen LogP contribution is -2.09. The number of para-hydroxylation sites is 1. The molecule has 0 heterocycles. The quantitative estimate of drug-likeness (QED) is 0.536. The van der Waals surface area contributed by atoms with Gasteiger partial charge in [-0.2, -0.15) is 0 Å². The van der Waals surface area contributed by atoms with E-state index in [1.165, 1.54) is 0 Å². The zero-order chi connectivity index (χ0) is 20.6. The van der Waals surface area contributed by atoms with Crippen molar-refractivity contribution in [2.45, 2.75) is 0 Å². The summed E-state index contributed by atoms with van der Waals surface area (Å²) in [4.78, 5) is 23.5. The third-order valence-electron chi connectivity index (χ3n) is 4.15. The van der Waals surface area contributed by atoms with Crippen LogP contribution < -0.4 is 4.90 Å². The number of carboxylic acid groups (broad SMARTS) is 2. The summed E-state index contributed by atoms with van der Waals surface area (Å²) in [6.07, 6.45) is 5.30. The number of anilines is 3. The molecule has 0 aliphatic rings. The van der Waals surface area contributed by atoms with E-state index in [-0.39, 0.29) is 0 Å². The van der Waals surface area contributed by atoms with Crippen LogP contribution in [0.3, 0.4) is 0 Å². The van der Waals surface area contributed by atoms with Crippen molar-refractivity contribution in [3.05, 3.63) is 102 Å². The monoisotopic (exact) mass is 385 g/mol. The van der Waals surface area contributed by atoms with Gasteiger partial charge >= 0.3 is 11.9 Å². The number of hydrogen-bond donors (Lipinski definition) is 2. The van der Waals surface area contributed by atoms with Crippen LogP contribution in [0.5, 0.6) is 0 Å². The van der Waals surface area contributed by atoms with Gasteiger partial charge in [0.25, 0.3) is 0 Å². The molecule has 2 N–H and O–H groups in total. The predicted molar refractivity (Wildman–Crippen MR) is 114 cm³/mol. The molecule has 0 aliphatic carbocycles. The zero-order valence-corrected chi connectivity index (χ0v) is 15.5. The SMILES string of the molecule is O=C(O)C=Cc1ccc(N(c2ccccc2)c2ccc(C=CC(=O)O)cc2)cc1. The van der Waals surface area contributed by atoms with Gasteiger partial charge in [-0.15, -0.1) is 0 Å². The van der Waals surface area contributed by atoms with E-state index in [4.69, 9.17) is 10.2 Å². The molecule has 0 aromatic heterocycles. The first kappa shape index (κ1) is 19.6. The van der Waals surface area contributed by atoms with Crippen molar-refractivity contribution in [3.8, 4) is 0 Å². The topological polar surface area (TPSA) is 77.8 Å². The highest BCUT2D eigenvalue weighted by molar-refractivity contribution is 5.86. The van der Waals surface area contributed by atoms with Gasteiger partial charge < -0.3 is 15.1 Å². The molecule has 0 saturated carbocycles. The van der Waals surface area contributed by atoms with E-state index >= 15 is 0 Å². The molecule has 0 aliphatic heterocycles. The number of carbonyl (C=O) groups is 2. The Hall–Kier alpha value is -4.12. The summed E-state index contributed by atoms with van der Waals surface area (Å²) in [5.41, 5.74) is 4.38. The van der Waals surface area contributed by atoms with E-state index in [0.717, 1.165) is 40.3 Å². The molecule has 0 fully saturated rings. The minimum atomic E-state index is -0.989. The van der Waals surface area contributed by atoms with Crippen LogP contribution in [0.4, 0.5) is 17.1 Å². The summed E-state index contributed by atoms with van der Waals surface area (Å²) in [5.74, 6) is -1.98. The van der Waals surface area contributed by atoms with Crippen LogP contribution >= 0.6 is 0 Å². The Kier molecular flexibility index (Phi) is 6.22. The Bertz CT molecular complexity index is 969. The molecule has 0 amide bonds. The molecule has 3 aromatic carbocycles. The van der Waals surface area contributed by atoms with Crippen LogP contribution in [0.15, 0.2) is 91.0 Å². The van der Waals surface area contributed by atoms with E-state index in [1.54, 1.807) is 12.2 Å². The zero-order valence-electron chi connectivity index (χ0n) is 15.5. The summed E-state index contributed by atoms with van der Waals surface area (Å²) in [6.45, 7) is 0. The van der Waals surface area contributed by atoms with E-state index in [1.807, 2.05) is 78.9 Å². The molecule has 0 saturated heterocycles. The highest BCUT2D eigenvalue weighted by Gasteiger charge is 2.11. The maximum Gasteiger partial charge on any atom is 0.328 e. The van der Waals surface area contributed by atoms with Crippen molar-refractivity contribution in [3.63, 3.8) is 0 Å². The van der Waals surface area contributed by atoms with Crippen molar-refractivity contribution in [2.75, 3.05) is 4.90 Å². The molecule has 144 valence electrons. The molecule has 0 atom stereocenters. The van der Waals surface area contributed by atoms with Gasteiger partial charge in [0.05, 0.1) is 0 Å². The average molecular weight is 385 g/mol. The van der Waals surface area contributed by atoms with Crippen molar-refractivity contribution in [2.24, 2.45) is 0 Å². The van der Waals surface area contributed by atoms with Gasteiger partial charge in [-0.05, 0) is 59.7 Å². The number of nitrogens with zero attached hydrogens (tertiary/aromatic N) is 1. The lowest BCUT2D eigenvalue weighted by molar-refractivity contribution is -0.132. The average Bonchev–Trinajstić information content (AvgIpc) is 2.73. The number of aliphatic carboxylic acids is 2. The van der Waals surface area contributed by atoms with Crippen LogP contribution in [-0.4, -0.2) is 22.2 Å². The van der Waals surface area contributed by atoms with Gasteiger partial charge in [-0.1, -0.05) is 42.5 Å². The normalized spacial score (nSPS) is 11.0. The van der Waals surface area contributed by atoms with Crippen molar-refractivity contribution >= 4 is 41.2 Å². The Morgan fingerprint density at radius 2 is 0.966 bits per heavy atom. The minimum Gasteiger partial charge on any atom is -0.478 e. The van der Waals surface area contributed by atoms with E-state index in [0.29, 0.717) is 0 Å². The fraction of sp³-hybridized carbons (Fsp3) is 0. The van der Waals surface area contributed by atoms with E-state index in [2.05, 4.69) is 4.90 Å². The molecule has 5 heteroatoms. The Morgan fingerprint density at radius 1 is 0.586 bits per heavy atom. The third-order valence-corrected chi connectivity index (χ3v) is 4.15. The molecule has 29 heavy (non-hydrogen) atoms. The lowest BCUT2D eigenvalue weighted by Gasteiger charge is -2.25. The second kappa shape index (κ2) is 9.19. The van der Waals surface area contributed by atoms with Crippen molar-refractivity contribution in [1.82, 2.24) is 0 Å². The Morgan fingerprint density at radius 3 is 1.34 bits per heavy atom. The van der Waals surface area contributed by atoms with Gasteiger partial charge in [0, 0.05) is 29.2 Å². The first-order chi connectivity index (χ1) is 14.0. The Labute approximate surface area is 168 Å². The maximum absolute atomic E-state index is 10.7. The first-order valence-corrected chi connectivity index (χ1v) is 8.90. The van der Waals surface area contributed by atoms with Gasteiger partial charge in [0.2, 0.25) is 0 Å². The predicted octanol–water partition coefficient (Wildman–Crippen LogP) is 5.35. The number of carboxylic acids is 2. The molecule has 3 aromatic rings. The van der Waals surface area contributed by atoms with Crippen LogP contribution in [0.1, 0.15) is 11.1 Å². The van der Waals surface area contributed by atoms with Gasteiger partial charge in [0.1, 0.15) is 0 Å². The summed E-state index contributed by atoms with van der Waals surface area (Å²) >= 11 is 0. The fourth-order valence-corrected chi connectivity index (χ4v) is 2.83.